The van der Waals surface area contributed by atoms with Crippen LogP contribution in [0.3, 0.4) is 0 Å². The van der Waals surface area contributed by atoms with Crippen molar-refractivity contribution in [3.05, 3.63) is 23.3 Å². The van der Waals surface area contributed by atoms with Gasteiger partial charge in [-0.2, -0.15) is 0 Å². The van der Waals surface area contributed by atoms with Crippen LogP contribution in [-0.2, 0) is 16.6 Å². The molecule has 0 N–H and O–H groups in total. The third-order valence-electron chi connectivity index (χ3n) is 5.68. The van der Waals surface area contributed by atoms with Crippen LogP contribution in [0.15, 0.2) is 12.1 Å². The molecule has 22 heavy (non-hydrogen) atoms. The molecule has 5 rings (SSSR count). The molecule has 2 fully saturated rings. The van der Waals surface area contributed by atoms with E-state index in [1.54, 1.807) is 6.07 Å². The largest absolute Gasteiger partial charge is 0.493 e. The van der Waals surface area contributed by atoms with Crippen LogP contribution in [0.5, 0.6) is 11.5 Å². The molecule has 1 saturated carbocycles. The van der Waals surface area contributed by atoms with Crippen molar-refractivity contribution >= 4 is 5.78 Å². The van der Waals surface area contributed by atoms with E-state index in [1.807, 2.05) is 0 Å². The minimum atomic E-state index is -2.75. The minimum absolute atomic E-state index is 0.0336. The molecule has 0 radical (unpaired) electrons. The summed E-state index contributed by atoms with van der Waals surface area (Å²) in [6, 6.07) is 2.35. The second-order valence-corrected chi connectivity index (χ2v) is 6.48. The fourth-order valence-electron chi connectivity index (χ4n) is 4.83. The third-order valence-corrected chi connectivity index (χ3v) is 5.68. The van der Waals surface area contributed by atoms with Crippen LogP contribution in [0.2, 0.25) is 0 Å². The Labute approximate surface area is 141 Å². The molecule has 116 valence electrons. The second-order valence-electron chi connectivity index (χ2n) is 6.48. The first-order valence-electron chi connectivity index (χ1n) is 11.6. The van der Waals surface area contributed by atoms with Crippen LogP contribution in [0.25, 0.3) is 0 Å². The van der Waals surface area contributed by atoms with Gasteiger partial charge in [-0.05, 0) is 50.3 Å². The van der Waals surface area contributed by atoms with Crippen molar-refractivity contribution < 1.29 is 25.2 Å². The molecule has 2 bridgehead atoms. The van der Waals surface area contributed by atoms with Crippen LogP contribution < -0.4 is 9.47 Å². The Morgan fingerprint density at radius 1 is 1.55 bits per heavy atom. The topological polar surface area (TPSA) is 38.8 Å². The number of likely N-dealkylation sites (tertiary alicyclic amines) is 1. The number of carbonyl (C=O) groups is 1. The van der Waals surface area contributed by atoms with Crippen molar-refractivity contribution in [1.29, 1.82) is 0 Å². The number of methoxy groups -OCH3 is 1. The number of hydrogen-bond donors (Lipinski definition) is 0. The van der Waals surface area contributed by atoms with Gasteiger partial charge in [0.1, 0.15) is 0 Å². The smallest absolute Gasteiger partial charge is 0.174 e. The van der Waals surface area contributed by atoms with Gasteiger partial charge in [-0.25, -0.2) is 0 Å². The van der Waals surface area contributed by atoms with E-state index >= 15 is 0 Å². The first kappa shape index (κ1) is 7.35. The molecule has 2 heterocycles. The summed E-state index contributed by atoms with van der Waals surface area (Å²) < 4.78 is 75.7. The van der Waals surface area contributed by atoms with Crippen molar-refractivity contribution in [3.8, 4) is 11.5 Å². The van der Waals surface area contributed by atoms with E-state index in [9.17, 15) is 6.17 Å². The molecule has 4 aliphatic rings. The zero-order valence-corrected chi connectivity index (χ0v) is 11.9. The van der Waals surface area contributed by atoms with Crippen molar-refractivity contribution in [2.24, 2.45) is 5.89 Å². The Kier molecular flexibility index (Phi) is 1.35. The number of hydrogen-bond acceptors (Lipinski definition) is 4. The molecule has 1 aromatic carbocycles. The molecule has 2 aliphatic carbocycles. The molecular formula is C18H21NO3. The van der Waals surface area contributed by atoms with Gasteiger partial charge in [-0.15, -0.1) is 0 Å². The summed E-state index contributed by atoms with van der Waals surface area (Å²) in [5.41, 5.74) is -0.226. The van der Waals surface area contributed by atoms with E-state index in [2.05, 4.69) is 0 Å². The molecule has 4 atom stereocenters. The van der Waals surface area contributed by atoms with E-state index < -0.39 is 43.2 Å². The van der Waals surface area contributed by atoms with E-state index in [1.165, 1.54) is 11.0 Å². The van der Waals surface area contributed by atoms with E-state index in [0.29, 0.717) is 11.1 Å². The van der Waals surface area contributed by atoms with Crippen LogP contribution in [-0.4, -0.2) is 43.4 Å². The Morgan fingerprint density at radius 3 is 3.36 bits per heavy atom. The SMILES string of the molecule is [2H]C([2H])([2H])Oc1ccc2c3c1OC1([2H])C(=O)CC[C@@]4([2H])[C@@H](C2)N(C([2H])([2H])[2H])CC[C@]314. The lowest BCUT2D eigenvalue weighted by molar-refractivity contribution is -0.138. The standard InChI is InChI=1S/C18H21NO3/c1-19-8-7-18-11-4-5-13(20)17(18)22-16-14(21-2)6-3-10(15(16)18)9-12(11)19/h3,6,11-12,17H,4-5,7-9H2,1-2H3/t11-,12+,17?,18-/m0/s1/i1D3,2D3,11D,17D. The highest BCUT2D eigenvalue weighted by Gasteiger charge is 2.65. The summed E-state index contributed by atoms with van der Waals surface area (Å²) in [5, 5.41) is 0. The van der Waals surface area contributed by atoms with Crippen molar-refractivity contribution in [1.82, 2.24) is 4.90 Å². The summed E-state index contributed by atoms with van der Waals surface area (Å²) in [6.07, 6.45) is -1.74. The maximum Gasteiger partial charge on any atom is 0.174 e. The van der Waals surface area contributed by atoms with Crippen molar-refractivity contribution in [2.45, 2.75) is 43.2 Å². The van der Waals surface area contributed by atoms with Gasteiger partial charge < -0.3 is 14.4 Å². The highest BCUT2D eigenvalue weighted by molar-refractivity contribution is 5.89. The molecule has 4 heteroatoms. The molecule has 0 amide bonds. The van der Waals surface area contributed by atoms with Crippen molar-refractivity contribution in [2.75, 3.05) is 20.6 Å². The zero-order chi connectivity index (χ0) is 21.9. The summed E-state index contributed by atoms with van der Waals surface area (Å²) in [4.78, 5) is 14.3. The maximum absolute atomic E-state index is 13.0. The van der Waals surface area contributed by atoms with Gasteiger partial charge in [0.15, 0.2) is 23.4 Å². The molecule has 1 spiro atoms. The first-order chi connectivity index (χ1) is 13.7. The number of rotatable bonds is 1. The van der Waals surface area contributed by atoms with Crippen LogP contribution in [0, 0.1) is 5.89 Å². The van der Waals surface area contributed by atoms with Crippen LogP contribution in [0.4, 0.5) is 0 Å². The van der Waals surface area contributed by atoms with Gasteiger partial charge in [0, 0.05) is 28.9 Å². The Hall–Kier alpha value is -1.55. The number of piperidine rings is 1. The van der Waals surface area contributed by atoms with Gasteiger partial charge in [0.2, 0.25) is 0 Å². The predicted octanol–water partition coefficient (Wildman–Crippen LogP) is 1.93. The lowest BCUT2D eigenvalue weighted by Crippen LogP contribution is -2.65. The summed E-state index contributed by atoms with van der Waals surface area (Å²) >= 11 is 0. The second kappa shape index (κ2) is 4.05. The summed E-state index contributed by atoms with van der Waals surface area (Å²) in [7, 11) is -2.75. The number of benzene rings is 1. The number of ether oxygens (including phenoxy) is 2. The normalized spacial score (nSPS) is 51.6. The fourth-order valence-corrected chi connectivity index (χ4v) is 4.83. The van der Waals surface area contributed by atoms with Crippen LogP contribution in [0.1, 0.15) is 41.4 Å². The molecule has 0 aromatic heterocycles. The third kappa shape index (κ3) is 1.27. The molecule has 1 saturated heterocycles. The lowest BCUT2D eigenvalue weighted by atomic mass is 9.52. The number of Topliss-reactive ketones (excluding diaryl/α,β-unsaturated/α-hetero) is 1. The van der Waals surface area contributed by atoms with Gasteiger partial charge >= 0.3 is 0 Å². The monoisotopic (exact) mass is 307 g/mol. The Bertz CT molecular complexity index is 962. The quantitative estimate of drug-likeness (QED) is 0.795. The average molecular weight is 307 g/mol. The average Bonchev–Trinajstić information content (AvgIpc) is 2.87. The number of carbonyl (C=O) groups excluding carboxylic acids is 1. The lowest BCUT2D eigenvalue weighted by Gasteiger charge is -2.57. The highest BCUT2D eigenvalue weighted by Crippen LogP contribution is 2.62. The van der Waals surface area contributed by atoms with Gasteiger partial charge in [0.25, 0.3) is 0 Å². The molecular weight excluding hydrogens is 278 g/mol. The molecule has 1 aromatic rings. The molecule has 1 unspecified atom stereocenters. The molecule has 2 aliphatic heterocycles. The van der Waals surface area contributed by atoms with Gasteiger partial charge in [-0.1, -0.05) is 6.07 Å². The number of ketones is 1. The minimum Gasteiger partial charge on any atom is -0.493 e. The fraction of sp³-hybridized carbons (Fsp3) is 0.611. The number of nitrogens with zero attached hydrogens (tertiary/aromatic N) is 1. The Morgan fingerprint density at radius 2 is 2.50 bits per heavy atom. The zero-order valence-electron chi connectivity index (χ0n) is 19.9. The summed E-state index contributed by atoms with van der Waals surface area (Å²) in [6.45, 7) is -2.32. The van der Waals surface area contributed by atoms with Crippen LogP contribution >= 0.6 is 0 Å². The van der Waals surface area contributed by atoms with E-state index in [0.717, 1.165) is 0 Å². The molecule has 4 nitrogen and oxygen atoms in total. The van der Waals surface area contributed by atoms with Crippen molar-refractivity contribution in [3.63, 3.8) is 0 Å². The van der Waals surface area contributed by atoms with E-state index in [-0.39, 0.29) is 43.7 Å². The Balaban J connectivity index is 1.79. The maximum atomic E-state index is 13.0. The van der Waals surface area contributed by atoms with Gasteiger partial charge in [-0.3, -0.25) is 4.79 Å². The highest BCUT2D eigenvalue weighted by atomic mass is 16.5. The van der Waals surface area contributed by atoms with E-state index in [4.69, 9.17) is 19.1 Å². The first-order valence-corrected chi connectivity index (χ1v) is 7.59. The summed E-state index contributed by atoms with van der Waals surface area (Å²) in [5.74, 6) is -1.97. The van der Waals surface area contributed by atoms with Gasteiger partial charge in [0.05, 0.1) is 12.5 Å². The number of likely N-dealkylation sites (N-methyl/N-ethyl adjacent to an activating group) is 1. The predicted molar refractivity (Wildman–Crippen MR) is 81.6 cm³/mol.